The molecule has 1 aromatic carbocycles. The lowest BCUT2D eigenvalue weighted by Gasteiger charge is -2.41. The summed E-state index contributed by atoms with van der Waals surface area (Å²) < 4.78 is 11.1. The van der Waals surface area contributed by atoms with Crippen LogP contribution in [0.3, 0.4) is 0 Å². The van der Waals surface area contributed by atoms with Crippen LogP contribution < -0.4 is 0 Å². The molecule has 1 heterocycles. The standard InChI is InChI=1S/C21H32O4S/c1-5-6-7-12-26-18-10-8-17(9-11-18)21(23)24-13-19-15(3)14(2)16(4)20(22)25-19/h8-11,14-16,19-20,22H,5-7,12-13H2,1-4H3/t14-,15-,16?,19?,20-/m0/s1. The van der Waals surface area contributed by atoms with Gasteiger partial charge < -0.3 is 14.6 Å². The van der Waals surface area contributed by atoms with E-state index in [0.29, 0.717) is 11.5 Å². The molecule has 0 aromatic heterocycles. The molecule has 5 heteroatoms. The van der Waals surface area contributed by atoms with E-state index in [0.717, 1.165) is 5.75 Å². The molecule has 26 heavy (non-hydrogen) atoms. The molecule has 1 aromatic rings. The average molecular weight is 381 g/mol. The molecule has 0 amide bonds. The normalized spacial score (nSPS) is 28.7. The summed E-state index contributed by atoms with van der Waals surface area (Å²) in [6.07, 6.45) is 2.63. The van der Waals surface area contributed by atoms with Crippen LogP contribution in [0, 0.1) is 17.8 Å². The lowest BCUT2D eigenvalue weighted by Crippen LogP contribution is -2.46. The monoisotopic (exact) mass is 380 g/mol. The summed E-state index contributed by atoms with van der Waals surface area (Å²) >= 11 is 1.82. The number of unbranched alkanes of at least 4 members (excludes halogenated alkanes) is 2. The van der Waals surface area contributed by atoms with Gasteiger partial charge in [-0.05, 0) is 48.3 Å². The van der Waals surface area contributed by atoms with Gasteiger partial charge in [-0.1, -0.05) is 40.5 Å². The first kappa shape index (κ1) is 21.3. The topological polar surface area (TPSA) is 55.8 Å². The first-order valence-corrected chi connectivity index (χ1v) is 10.7. The minimum Gasteiger partial charge on any atom is -0.459 e. The molecule has 0 saturated carbocycles. The van der Waals surface area contributed by atoms with E-state index in [-0.39, 0.29) is 30.5 Å². The third-order valence-corrected chi connectivity index (χ3v) is 6.59. The number of hydrogen-bond acceptors (Lipinski definition) is 5. The summed E-state index contributed by atoms with van der Waals surface area (Å²) in [6, 6.07) is 7.57. The molecule has 146 valence electrons. The average Bonchev–Trinajstić information content (AvgIpc) is 2.65. The largest absolute Gasteiger partial charge is 0.459 e. The van der Waals surface area contributed by atoms with Crippen LogP contribution in [0.2, 0.25) is 0 Å². The number of thioether (sulfide) groups is 1. The zero-order chi connectivity index (χ0) is 19.1. The highest BCUT2D eigenvalue weighted by molar-refractivity contribution is 7.99. The van der Waals surface area contributed by atoms with Gasteiger partial charge in [0.25, 0.3) is 0 Å². The highest BCUT2D eigenvalue weighted by Crippen LogP contribution is 2.34. The third kappa shape index (κ3) is 5.73. The number of carbonyl (C=O) groups excluding carboxylic acids is 1. The minimum atomic E-state index is -0.797. The molecule has 2 rings (SSSR count). The van der Waals surface area contributed by atoms with Crippen LogP contribution in [0.15, 0.2) is 29.2 Å². The smallest absolute Gasteiger partial charge is 0.338 e. The van der Waals surface area contributed by atoms with Crippen molar-refractivity contribution in [2.75, 3.05) is 12.4 Å². The second-order valence-electron chi connectivity index (χ2n) is 7.32. The van der Waals surface area contributed by atoms with Crippen molar-refractivity contribution in [3.63, 3.8) is 0 Å². The second-order valence-corrected chi connectivity index (χ2v) is 8.49. The molecule has 1 saturated heterocycles. The van der Waals surface area contributed by atoms with E-state index >= 15 is 0 Å². The van der Waals surface area contributed by atoms with Gasteiger partial charge >= 0.3 is 5.97 Å². The first-order chi connectivity index (χ1) is 12.4. The molecule has 1 aliphatic rings. The molecular weight excluding hydrogens is 348 g/mol. The van der Waals surface area contributed by atoms with Crippen LogP contribution in [0.4, 0.5) is 0 Å². The number of ether oxygens (including phenoxy) is 2. The van der Waals surface area contributed by atoms with Crippen LogP contribution in [0.1, 0.15) is 57.3 Å². The van der Waals surface area contributed by atoms with Gasteiger partial charge in [-0.25, -0.2) is 4.79 Å². The van der Waals surface area contributed by atoms with Crippen molar-refractivity contribution < 1.29 is 19.4 Å². The quantitative estimate of drug-likeness (QED) is 0.401. The summed E-state index contributed by atoms with van der Waals surface area (Å²) in [5, 5.41) is 9.99. The van der Waals surface area contributed by atoms with Crippen molar-refractivity contribution >= 4 is 17.7 Å². The molecular formula is C21H32O4S. The number of benzene rings is 1. The number of rotatable bonds is 8. The summed E-state index contributed by atoms with van der Waals surface area (Å²) in [7, 11) is 0. The maximum atomic E-state index is 12.3. The number of carbonyl (C=O) groups is 1. The minimum absolute atomic E-state index is 0.0827. The van der Waals surface area contributed by atoms with E-state index in [4.69, 9.17) is 9.47 Å². The predicted octanol–water partition coefficient (Wildman–Crippen LogP) is 4.75. The van der Waals surface area contributed by atoms with Gasteiger partial charge in [0.2, 0.25) is 0 Å². The van der Waals surface area contributed by atoms with E-state index in [1.54, 1.807) is 0 Å². The Bertz CT molecular complexity index is 560. The van der Waals surface area contributed by atoms with Gasteiger partial charge in [0, 0.05) is 10.8 Å². The molecule has 1 N–H and O–H groups in total. The highest BCUT2D eigenvalue weighted by atomic mass is 32.2. The van der Waals surface area contributed by atoms with Gasteiger partial charge in [0.1, 0.15) is 6.61 Å². The van der Waals surface area contributed by atoms with Gasteiger partial charge in [0.15, 0.2) is 6.29 Å². The fraction of sp³-hybridized carbons (Fsp3) is 0.667. The predicted molar refractivity (Wildman–Crippen MR) is 105 cm³/mol. The van der Waals surface area contributed by atoms with Crippen LogP contribution in [0.25, 0.3) is 0 Å². The molecule has 0 spiro atoms. The fourth-order valence-electron chi connectivity index (χ4n) is 3.17. The lowest BCUT2D eigenvalue weighted by atomic mass is 9.79. The Labute approximate surface area is 161 Å². The van der Waals surface area contributed by atoms with E-state index < -0.39 is 6.29 Å². The molecule has 4 nitrogen and oxygen atoms in total. The van der Waals surface area contributed by atoms with Crippen LogP contribution in [-0.4, -0.2) is 35.8 Å². The summed E-state index contributed by atoms with van der Waals surface area (Å²) in [6.45, 7) is 8.53. The van der Waals surface area contributed by atoms with E-state index in [1.165, 1.54) is 24.2 Å². The van der Waals surface area contributed by atoms with Gasteiger partial charge in [-0.3, -0.25) is 0 Å². The molecule has 0 bridgehead atoms. The lowest BCUT2D eigenvalue weighted by molar-refractivity contribution is -0.232. The Morgan fingerprint density at radius 1 is 1.12 bits per heavy atom. The van der Waals surface area contributed by atoms with E-state index in [9.17, 15) is 9.90 Å². The summed E-state index contributed by atoms with van der Waals surface area (Å²) in [5.74, 6) is 1.38. The second kappa shape index (κ2) is 10.3. The zero-order valence-electron chi connectivity index (χ0n) is 16.3. The summed E-state index contributed by atoms with van der Waals surface area (Å²) in [4.78, 5) is 13.5. The van der Waals surface area contributed by atoms with Crippen LogP contribution in [0.5, 0.6) is 0 Å². The van der Waals surface area contributed by atoms with Crippen molar-refractivity contribution in [2.24, 2.45) is 17.8 Å². The highest BCUT2D eigenvalue weighted by Gasteiger charge is 2.38. The van der Waals surface area contributed by atoms with Gasteiger partial charge in [0.05, 0.1) is 11.7 Å². The Balaban J connectivity index is 1.82. The summed E-state index contributed by atoms with van der Waals surface area (Å²) in [5.41, 5.74) is 0.549. The maximum absolute atomic E-state index is 12.3. The van der Waals surface area contributed by atoms with Gasteiger partial charge in [-0.2, -0.15) is 0 Å². The van der Waals surface area contributed by atoms with Gasteiger partial charge in [-0.15, -0.1) is 11.8 Å². The number of aliphatic hydroxyl groups is 1. The Morgan fingerprint density at radius 3 is 2.46 bits per heavy atom. The van der Waals surface area contributed by atoms with Crippen molar-refractivity contribution in [3.8, 4) is 0 Å². The molecule has 2 unspecified atom stereocenters. The third-order valence-electron chi connectivity index (χ3n) is 5.49. The first-order valence-electron chi connectivity index (χ1n) is 9.67. The number of esters is 1. The number of hydrogen-bond donors (Lipinski definition) is 1. The van der Waals surface area contributed by atoms with E-state index in [2.05, 4.69) is 20.8 Å². The Morgan fingerprint density at radius 2 is 1.81 bits per heavy atom. The van der Waals surface area contributed by atoms with Crippen molar-refractivity contribution in [1.82, 2.24) is 0 Å². The fourth-order valence-corrected chi connectivity index (χ4v) is 4.08. The van der Waals surface area contributed by atoms with Crippen molar-refractivity contribution in [2.45, 2.75) is 64.2 Å². The Kier molecular flexibility index (Phi) is 8.45. The molecule has 1 fully saturated rings. The SMILES string of the molecule is CCCCCSc1ccc(C(=O)OCC2O[C@H](O)C(C)[C@@H](C)[C@@H]2C)cc1. The van der Waals surface area contributed by atoms with Crippen LogP contribution >= 0.6 is 11.8 Å². The maximum Gasteiger partial charge on any atom is 0.338 e. The zero-order valence-corrected chi connectivity index (χ0v) is 17.1. The molecule has 1 aliphatic heterocycles. The molecule has 5 atom stereocenters. The van der Waals surface area contributed by atoms with Crippen molar-refractivity contribution in [1.29, 1.82) is 0 Å². The van der Waals surface area contributed by atoms with Crippen molar-refractivity contribution in [3.05, 3.63) is 29.8 Å². The molecule has 0 radical (unpaired) electrons. The number of aliphatic hydroxyl groups excluding tert-OH is 1. The van der Waals surface area contributed by atoms with Crippen LogP contribution in [-0.2, 0) is 9.47 Å². The molecule has 0 aliphatic carbocycles. The Hall–Kier alpha value is -1.04. The van der Waals surface area contributed by atoms with E-state index in [1.807, 2.05) is 43.0 Å².